The fraction of sp³-hybridized carbons (Fsp3) is 1.00. The van der Waals surface area contributed by atoms with E-state index >= 15 is 0 Å². The monoisotopic (exact) mass is 240 g/mol. The lowest BCUT2D eigenvalue weighted by atomic mass is 9.93. The lowest BCUT2D eigenvalue weighted by Crippen LogP contribution is -2.47. The molecule has 1 saturated heterocycles. The number of nitrogens with one attached hydrogen (secondary N) is 1. The zero-order valence-corrected chi connectivity index (χ0v) is 11.2. The van der Waals surface area contributed by atoms with Crippen LogP contribution in [0.1, 0.15) is 51.4 Å². The molecule has 0 radical (unpaired) electrons. The van der Waals surface area contributed by atoms with Gasteiger partial charge in [0.15, 0.2) is 0 Å². The van der Waals surface area contributed by atoms with Crippen LogP contribution in [0.25, 0.3) is 0 Å². The van der Waals surface area contributed by atoms with E-state index < -0.39 is 5.60 Å². The molecule has 2 fully saturated rings. The Labute approximate surface area is 106 Å². The van der Waals surface area contributed by atoms with Crippen molar-refractivity contribution in [3.63, 3.8) is 0 Å². The summed E-state index contributed by atoms with van der Waals surface area (Å²) >= 11 is 0. The molecule has 3 heteroatoms. The molecule has 2 aliphatic rings. The van der Waals surface area contributed by atoms with Gasteiger partial charge in [0.25, 0.3) is 0 Å². The van der Waals surface area contributed by atoms with Crippen LogP contribution in [0.15, 0.2) is 0 Å². The van der Waals surface area contributed by atoms with Crippen molar-refractivity contribution in [2.24, 2.45) is 0 Å². The molecule has 0 aromatic carbocycles. The Balaban J connectivity index is 1.72. The summed E-state index contributed by atoms with van der Waals surface area (Å²) in [4.78, 5) is 2.39. The van der Waals surface area contributed by atoms with Gasteiger partial charge < -0.3 is 15.3 Å². The second-order valence-electron chi connectivity index (χ2n) is 6.10. The molecule has 0 unspecified atom stereocenters. The molecule has 1 heterocycles. The van der Waals surface area contributed by atoms with Gasteiger partial charge in [-0.15, -0.1) is 0 Å². The first-order valence-corrected chi connectivity index (χ1v) is 7.32. The molecule has 1 aliphatic heterocycles. The van der Waals surface area contributed by atoms with Crippen LogP contribution in [0, 0.1) is 0 Å². The zero-order chi connectivity index (χ0) is 12.1. The third kappa shape index (κ3) is 4.23. The summed E-state index contributed by atoms with van der Waals surface area (Å²) in [5.74, 6) is 0. The Hall–Kier alpha value is -0.120. The van der Waals surface area contributed by atoms with Gasteiger partial charge in [-0.3, -0.25) is 0 Å². The minimum atomic E-state index is -0.417. The highest BCUT2D eigenvalue weighted by Crippen LogP contribution is 2.26. The van der Waals surface area contributed by atoms with Gasteiger partial charge in [0.05, 0.1) is 5.60 Å². The van der Waals surface area contributed by atoms with Crippen molar-refractivity contribution >= 4 is 0 Å². The minimum absolute atomic E-state index is 0.417. The SMILES string of the molecule is CN1CCC(NCC2(O)CCCCCC2)CC1. The van der Waals surface area contributed by atoms with Crippen LogP contribution < -0.4 is 5.32 Å². The lowest BCUT2D eigenvalue weighted by molar-refractivity contribution is 0.0206. The molecule has 3 nitrogen and oxygen atoms in total. The Kier molecular flexibility index (Phi) is 4.83. The largest absolute Gasteiger partial charge is 0.389 e. The molecular formula is C14H28N2O. The second kappa shape index (κ2) is 6.17. The van der Waals surface area contributed by atoms with Gasteiger partial charge in [0.2, 0.25) is 0 Å². The molecule has 0 aromatic rings. The molecule has 0 bridgehead atoms. The molecule has 0 atom stereocenters. The number of rotatable bonds is 3. The van der Waals surface area contributed by atoms with E-state index in [0.717, 1.165) is 19.4 Å². The Morgan fingerprint density at radius 2 is 1.71 bits per heavy atom. The average molecular weight is 240 g/mol. The maximum atomic E-state index is 10.6. The van der Waals surface area contributed by atoms with E-state index in [-0.39, 0.29) is 0 Å². The molecule has 2 N–H and O–H groups in total. The van der Waals surface area contributed by atoms with E-state index in [1.807, 2.05) is 0 Å². The van der Waals surface area contributed by atoms with Crippen molar-refractivity contribution in [3.8, 4) is 0 Å². The summed E-state index contributed by atoms with van der Waals surface area (Å²) in [7, 11) is 2.19. The number of hydrogen-bond acceptors (Lipinski definition) is 3. The van der Waals surface area contributed by atoms with Crippen LogP contribution in [0.5, 0.6) is 0 Å². The topological polar surface area (TPSA) is 35.5 Å². The maximum Gasteiger partial charge on any atom is 0.0771 e. The first kappa shape index (κ1) is 13.3. The molecule has 0 aromatic heterocycles. The summed E-state index contributed by atoms with van der Waals surface area (Å²) in [6, 6.07) is 0.624. The van der Waals surface area contributed by atoms with Crippen molar-refractivity contribution in [3.05, 3.63) is 0 Å². The van der Waals surface area contributed by atoms with E-state index in [0.29, 0.717) is 6.04 Å². The van der Waals surface area contributed by atoms with Crippen LogP contribution in [0.4, 0.5) is 0 Å². The van der Waals surface area contributed by atoms with E-state index in [9.17, 15) is 5.11 Å². The van der Waals surface area contributed by atoms with Crippen LogP contribution in [-0.4, -0.2) is 48.3 Å². The fourth-order valence-electron chi connectivity index (χ4n) is 3.11. The Morgan fingerprint density at radius 3 is 2.29 bits per heavy atom. The highest BCUT2D eigenvalue weighted by atomic mass is 16.3. The molecule has 0 spiro atoms. The van der Waals surface area contributed by atoms with Gasteiger partial charge >= 0.3 is 0 Å². The second-order valence-corrected chi connectivity index (χ2v) is 6.10. The highest BCUT2D eigenvalue weighted by molar-refractivity contribution is 4.86. The third-order valence-corrected chi connectivity index (χ3v) is 4.47. The zero-order valence-electron chi connectivity index (χ0n) is 11.2. The summed E-state index contributed by atoms with van der Waals surface area (Å²) in [5, 5.41) is 14.2. The smallest absolute Gasteiger partial charge is 0.0771 e. The molecule has 100 valence electrons. The molecule has 1 aliphatic carbocycles. The van der Waals surface area contributed by atoms with E-state index in [1.54, 1.807) is 0 Å². The van der Waals surface area contributed by atoms with Crippen molar-refractivity contribution in [1.82, 2.24) is 10.2 Å². The maximum absolute atomic E-state index is 10.6. The summed E-state index contributed by atoms with van der Waals surface area (Å²) in [5.41, 5.74) is -0.417. The standard InChI is InChI=1S/C14H28N2O/c1-16-10-6-13(7-11-16)15-12-14(17)8-4-2-3-5-9-14/h13,15,17H,2-12H2,1H3. The van der Waals surface area contributed by atoms with Crippen LogP contribution >= 0.6 is 0 Å². The van der Waals surface area contributed by atoms with Gasteiger partial charge in [0.1, 0.15) is 0 Å². The summed E-state index contributed by atoms with van der Waals surface area (Å²) in [6.07, 6.45) is 9.45. The number of aliphatic hydroxyl groups is 1. The molecular weight excluding hydrogens is 212 g/mol. The number of likely N-dealkylation sites (tertiary alicyclic amines) is 1. The van der Waals surface area contributed by atoms with Crippen molar-refractivity contribution in [1.29, 1.82) is 0 Å². The van der Waals surface area contributed by atoms with Gasteiger partial charge in [0, 0.05) is 12.6 Å². The van der Waals surface area contributed by atoms with Gasteiger partial charge in [-0.2, -0.15) is 0 Å². The quantitative estimate of drug-likeness (QED) is 0.738. The molecule has 2 rings (SSSR count). The molecule has 0 amide bonds. The van der Waals surface area contributed by atoms with Crippen LogP contribution in [0.3, 0.4) is 0 Å². The van der Waals surface area contributed by atoms with Crippen molar-refractivity contribution in [2.45, 2.75) is 63.0 Å². The predicted octanol–water partition coefficient (Wildman–Crippen LogP) is 1.76. The Bertz CT molecular complexity index is 216. The van der Waals surface area contributed by atoms with Gasteiger partial charge in [-0.1, -0.05) is 25.7 Å². The minimum Gasteiger partial charge on any atom is -0.389 e. The first-order chi connectivity index (χ1) is 8.18. The van der Waals surface area contributed by atoms with Crippen molar-refractivity contribution in [2.75, 3.05) is 26.7 Å². The summed E-state index contributed by atoms with van der Waals surface area (Å²) in [6.45, 7) is 3.19. The first-order valence-electron chi connectivity index (χ1n) is 7.32. The average Bonchev–Trinajstić information content (AvgIpc) is 2.54. The van der Waals surface area contributed by atoms with Crippen LogP contribution in [0.2, 0.25) is 0 Å². The highest BCUT2D eigenvalue weighted by Gasteiger charge is 2.29. The molecule has 17 heavy (non-hydrogen) atoms. The van der Waals surface area contributed by atoms with Gasteiger partial charge in [-0.05, 0) is 45.8 Å². The molecule has 1 saturated carbocycles. The number of piperidine rings is 1. The number of nitrogens with zero attached hydrogens (tertiary/aromatic N) is 1. The predicted molar refractivity (Wildman–Crippen MR) is 71.2 cm³/mol. The van der Waals surface area contributed by atoms with Crippen LogP contribution in [-0.2, 0) is 0 Å². The number of hydrogen-bond donors (Lipinski definition) is 2. The fourth-order valence-corrected chi connectivity index (χ4v) is 3.11. The normalized spacial score (nSPS) is 27.9. The van der Waals surface area contributed by atoms with Gasteiger partial charge in [-0.25, -0.2) is 0 Å². The Morgan fingerprint density at radius 1 is 1.12 bits per heavy atom. The van der Waals surface area contributed by atoms with Crippen molar-refractivity contribution < 1.29 is 5.11 Å². The lowest BCUT2D eigenvalue weighted by Gasteiger charge is -2.33. The summed E-state index contributed by atoms with van der Waals surface area (Å²) < 4.78 is 0. The van der Waals surface area contributed by atoms with E-state index in [4.69, 9.17) is 0 Å². The van der Waals surface area contributed by atoms with E-state index in [2.05, 4.69) is 17.3 Å². The third-order valence-electron chi connectivity index (χ3n) is 4.47. The van der Waals surface area contributed by atoms with E-state index in [1.165, 1.54) is 51.6 Å².